The molecule has 124 valence electrons. The molecule has 1 aromatic heterocycles. The van der Waals surface area contributed by atoms with Crippen LogP contribution in [0.2, 0.25) is 0 Å². The number of aryl methyl sites for hydroxylation is 1. The van der Waals surface area contributed by atoms with E-state index in [9.17, 15) is 0 Å². The number of anilines is 1. The maximum absolute atomic E-state index is 5.33. The minimum Gasteiger partial charge on any atom is -0.372 e. The lowest BCUT2D eigenvalue weighted by atomic mass is 10.1. The quantitative estimate of drug-likeness (QED) is 0.788. The Labute approximate surface area is 143 Å². The fourth-order valence-corrected chi connectivity index (χ4v) is 3.22. The molecule has 1 saturated heterocycles. The van der Waals surface area contributed by atoms with Gasteiger partial charge in [0.1, 0.15) is 6.33 Å². The number of rotatable bonds is 5. The summed E-state index contributed by atoms with van der Waals surface area (Å²) in [5.41, 5.74) is 2.67. The largest absolute Gasteiger partial charge is 0.372 e. The Morgan fingerprint density at radius 3 is 2.43 bits per heavy atom. The Hall–Kier alpha value is -1.66. The average Bonchev–Trinajstić information content (AvgIpc) is 2.88. The van der Waals surface area contributed by atoms with Gasteiger partial charge in [-0.3, -0.25) is 4.90 Å². The third-order valence-electron chi connectivity index (χ3n) is 4.37. The third kappa shape index (κ3) is 4.00. The molecule has 0 atom stereocenters. The van der Waals surface area contributed by atoms with Gasteiger partial charge in [-0.05, 0) is 56.2 Å². The normalized spacial score (nSPS) is 15.3. The highest BCUT2D eigenvalue weighted by Gasteiger charge is 2.11. The molecule has 0 radical (unpaired) electrons. The van der Waals surface area contributed by atoms with Gasteiger partial charge in [0.25, 0.3) is 0 Å². The van der Waals surface area contributed by atoms with E-state index in [2.05, 4.69) is 46.2 Å². The van der Waals surface area contributed by atoms with Gasteiger partial charge < -0.3 is 9.47 Å². The van der Waals surface area contributed by atoms with Crippen LogP contribution in [0, 0.1) is 4.77 Å². The maximum atomic E-state index is 5.33. The van der Waals surface area contributed by atoms with Crippen LogP contribution in [0.1, 0.15) is 24.8 Å². The van der Waals surface area contributed by atoms with Gasteiger partial charge in [-0.15, -0.1) is 0 Å². The van der Waals surface area contributed by atoms with Gasteiger partial charge in [-0.1, -0.05) is 12.1 Å². The van der Waals surface area contributed by atoms with E-state index in [0.29, 0.717) is 6.67 Å². The molecule has 0 bridgehead atoms. The Morgan fingerprint density at radius 2 is 1.83 bits per heavy atom. The molecule has 0 spiro atoms. The lowest BCUT2D eigenvalue weighted by molar-refractivity contribution is 0.244. The zero-order valence-electron chi connectivity index (χ0n) is 14.0. The molecule has 0 saturated carbocycles. The lowest BCUT2D eigenvalue weighted by Crippen LogP contribution is -2.29. The average molecular weight is 331 g/mol. The highest BCUT2D eigenvalue weighted by molar-refractivity contribution is 7.71. The summed E-state index contributed by atoms with van der Waals surface area (Å²) in [6.45, 7) is 3.97. The lowest BCUT2D eigenvalue weighted by Gasteiger charge is -2.29. The minimum atomic E-state index is 0.702. The molecular weight excluding hydrogens is 306 g/mol. The molecule has 1 fully saturated rings. The summed E-state index contributed by atoms with van der Waals surface area (Å²) >= 11 is 5.33. The minimum absolute atomic E-state index is 0.702. The molecule has 5 nitrogen and oxygen atoms in total. The predicted molar refractivity (Wildman–Crippen MR) is 96.0 cm³/mol. The predicted octanol–water partition coefficient (Wildman–Crippen LogP) is 3.03. The van der Waals surface area contributed by atoms with Crippen LogP contribution >= 0.6 is 12.2 Å². The smallest absolute Gasteiger partial charge is 0.198 e. The second-order valence-electron chi connectivity index (χ2n) is 6.39. The molecule has 0 unspecified atom stereocenters. The summed E-state index contributed by atoms with van der Waals surface area (Å²) in [6.07, 6.45) is 5.75. The fraction of sp³-hybridized carbons (Fsp3) is 0.529. The first-order chi connectivity index (χ1) is 11.1. The van der Waals surface area contributed by atoms with E-state index < -0.39 is 0 Å². The molecule has 2 aromatic rings. The molecular formula is C17H25N5S. The van der Waals surface area contributed by atoms with Crippen molar-refractivity contribution in [2.45, 2.75) is 32.5 Å². The van der Waals surface area contributed by atoms with Crippen LogP contribution in [-0.4, -0.2) is 39.4 Å². The van der Waals surface area contributed by atoms with Crippen molar-refractivity contribution >= 4 is 17.9 Å². The van der Waals surface area contributed by atoms with Crippen LogP contribution in [-0.2, 0) is 20.3 Å². The van der Waals surface area contributed by atoms with E-state index in [1.807, 2.05) is 16.3 Å². The second-order valence-corrected chi connectivity index (χ2v) is 6.76. The van der Waals surface area contributed by atoms with E-state index in [1.54, 1.807) is 6.33 Å². The molecule has 0 aliphatic carbocycles. The summed E-state index contributed by atoms with van der Waals surface area (Å²) < 4.78 is 4.45. The SMILES string of the molecule is CN(Cc1ccc(N2CCCCC2)cc1)Cn1ncn(C)c1=S. The highest BCUT2D eigenvalue weighted by Crippen LogP contribution is 2.20. The molecule has 6 heteroatoms. The molecule has 0 N–H and O–H groups in total. The Kier molecular flexibility index (Phi) is 5.13. The van der Waals surface area contributed by atoms with E-state index in [0.717, 1.165) is 11.3 Å². The van der Waals surface area contributed by atoms with Crippen molar-refractivity contribution in [2.75, 3.05) is 25.0 Å². The molecule has 3 rings (SSSR count). The van der Waals surface area contributed by atoms with E-state index in [-0.39, 0.29) is 0 Å². The van der Waals surface area contributed by atoms with Crippen molar-refractivity contribution in [1.82, 2.24) is 19.2 Å². The second kappa shape index (κ2) is 7.27. The van der Waals surface area contributed by atoms with Gasteiger partial charge >= 0.3 is 0 Å². The summed E-state index contributed by atoms with van der Waals surface area (Å²) in [6, 6.07) is 8.97. The first-order valence-electron chi connectivity index (χ1n) is 8.24. The van der Waals surface area contributed by atoms with Gasteiger partial charge in [0.2, 0.25) is 0 Å². The summed E-state index contributed by atoms with van der Waals surface area (Å²) in [5.74, 6) is 0. The van der Waals surface area contributed by atoms with Crippen molar-refractivity contribution in [1.29, 1.82) is 0 Å². The third-order valence-corrected chi connectivity index (χ3v) is 4.87. The molecule has 0 amide bonds. The van der Waals surface area contributed by atoms with Gasteiger partial charge in [-0.2, -0.15) is 5.10 Å². The summed E-state index contributed by atoms with van der Waals surface area (Å²) in [7, 11) is 4.01. The standard InChI is InChI=1S/C17H25N5S/c1-19(14-22-17(23)20(2)13-18-22)12-15-6-8-16(9-7-15)21-10-4-3-5-11-21/h6-9,13H,3-5,10-12,14H2,1-2H3. The highest BCUT2D eigenvalue weighted by atomic mass is 32.1. The number of hydrogen-bond donors (Lipinski definition) is 0. The van der Waals surface area contributed by atoms with Gasteiger partial charge in [0.05, 0.1) is 6.67 Å². The molecule has 1 aromatic carbocycles. The van der Waals surface area contributed by atoms with Gasteiger partial charge in [0, 0.05) is 32.4 Å². The van der Waals surface area contributed by atoms with Crippen LogP contribution in [0.4, 0.5) is 5.69 Å². The van der Waals surface area contributed by atoms with Crippen molar-refractivity contribution in [3.63, 3.8) is 0 Å². The molecule has 2 heterocycles. The molecule has 1 aliphatic heterocycles. The summed E-state index contributed by atoms with van der Waals surface area (Å²) in [5, 5.41) is 4.30. The number of nitrogens with zero attached hydrogens (tertiary/aromatic N) is 5. The Morgan fingerprint density at radius 1 is 1.13 bits per heavy atom. The van der Waals surface area contributed by atoms with Crippen LogP contribution < -0.4 is 4.90 Å². The fourth-order valence-electron chi connectivity index (χ4n) is 3.07. The first-order valence-corrected chi connectivity index (χ1v) is 8.65. The number of benzene rings is 1. The van der Waals surface area contributed by atoms with E-state index in [1.165, 1.54) is 43.6 Å². The van der Waals surface area contributed by atoms with Crippen molar-refractivity contribution in [2.24, 2.45) is 7.05 Å². The zero-order valence-corrected chi connectivity index (χ0v) is 14.8. The summed E-state index contributed by atoms with van der Waals surface area (Å²) in [4.78, 5) is 4.71. The molecule has 23 heavy (non-hydrogen) atoms. The maximum Gasteiger partial charge on any atom is 0.198 e. The Balaban J connectivity index is 1.59. The number of piperidine rings is 1. The van der Waals surface area contributed by atoms with E-state index >= 15 is 0 Å². The monoisotopic (exact) mass is 331 g/mol. The first kappa shape index (κ1) is 16.2. The van der Waals surface area contributed by atoms with Gasteiger partial charge in [0.15, 0.2) is 4.77 Å². The topological polar surface area (TPSA) is 29.2 Å². The van der Waals surface area contributed by atoms with Crippen LogP contribution in [0.25, 0.3) is 0 Å². The number of aromatic nitrogens is 3. The van der Waals surface area contributed by atoms with Crippen LogP contribution in [0.15, 0.2) is 30.6 Å². The van der Waals surface area contributed by atoms with Crippen molar-refractivity contribution < 1.29 is 0 Å². The zero-order chi connectivity index (χ0) is 16.2. The van der Waals surface area contributed by atoms with Crippen molar-refractivity contribution in [3.05, 3.63) is 40.9 Å². The number of hydrogen-bond acceptors (Lipinski definition) is 4. The van der Waals surface area contributed by atoms with Crippen LogP contribution in [0.5, 0.6) is 0 Å². The Bertz CT molecular complexity index is 682. The van der Waals surface area contributed by atoms with Crippen LogP contribution in [0.3, 0.4) is 0 Å². The molecule has 1 aliphatic rings. The van der Waals surface area contributed by atoms with E-state index in [4.69, 9.17) is 12.2 Å². The van der Waals surface area contributed by atoms with Gasteiger partial charge in [-0.25, -0.2) is 4.68 Å². The van der Waals surface area contributed by atoms with Crippen molar-refractivity contribution in [3.8, 4) is 0 Å².